The number of nitrogens with one attached hydrogen (secondary N) is 2. The maximum Gasteiger partial charge on any atom is 0.413 e. The van der Waals surface area contributed by atoms with Crippen molar-refractivity contribution in [2.75, 3.05) is 10.6 Å². The fraction of sp³-hybridized carbons (Fsp3) is 0.200. The number of carbonyl (C=O) groups excluding carboxylic acids is 2. The Kier molecular flexibility index (Phi) is 5.28. The summed E-state index contributed by atoms with van der Waals surface area (Å²) < 4.78 is 11.9. The number of amides is 2. The van der Waals surface area contributed by atoms with Gasteiger partial charge in [0.25, 0.3) is 0 Å². The van der Waals surface area contributed by atoms with Crippen molar-refractivity contribution in [3.8, 4) is 11.3 Å². The Hall–Kier alpha value is -3.59. The molecule has 0 fully saturated rings. The molecule has 3 aromatic rings. The minimum Gasteiger partial charge on any atom is -0.444 e. The van der Waals surface area contributed by atoms with Crippen LogP contribution in [0.25, 0.3) is 11.3 Å². The molecule has 0 saturated heterocycles. The Morgan fingerprint density at radius 2 is 2.13 bits per heavy atom. The molecule has 0 unspecified atom stereocenters. The van der Waals surface area contributed by atoms with Crippen molar-refractivity contribution >= 4 is 35.3 Å². The highest BCUT2D eigenvalue weighted by atomic mass is 35.5. The van der Waals surface area contributed by atoms with Gasteiger partial charge in [0.1, 0.15) is 18.4 Å². The van der Waals surface area contributed by atoms with Gasteiger partial charge < -0.3 is 9.47 Å². The van der Waals surface area contributed by atoms with E-state index in [1.54, 1.807) is 44.3 Å². The Balaban J connectivity index is 1.54. The summed E-state index contributed by atoms with van der Waals surface area (Å²) in [7, 11) is 1.66. The Bertz CT molecular complexity index is 1130. The van der Waals surface area contributed by atoms with E-state index in [1.807, 2.05) is 12.1 Å². The van der Waals surface area contributed by atoms with E-state index >= 15 is 0 Å². The van der Waals surface area contributed by atoms with Crippen LogP contribution in [0.2, 0.25) is 5.02 Å². The van der Waals surface area contributed by atoms with Gasteiger partial charge in [0.2, 0.25) is 0 Å². The van der Waals surface area contributed by atoms with Crippen LogP contribution in [0.15, 0.2) is 42.5 Å². The molecule has 0 bridgehead atoms. The van der Waals surface area contributed by atoms with Crippen LogP contribution in [0, 0.1) is 0 Å². The summed E-state index contributed by atoms with van der Waals surface area (Å²) in [6, 6.07) is 12.5. The quantitative estimate of drug-likeness (QED) is 0.634. The molecule has 0 saturated carbocycles. The number of anilines is 2. The molecule has 1 aromatic heterocycles. The third-order valence-corrected chi connectivity index (χ3v) is 4.99. The van der Waals surface area contributed by atoms with Crippen molar-refractivity contribution in [2.24, 2.45) is 7.05 Å². The fourth-order valence-corrected chi connectivity index (χ4v) is 3.41. The van der Waals surface area contributed by atoms with Crippen LogP contribution in [-0.4, -0.2) is 27.2 Å². The van der Waals surface area contributed by atoms with Crippen LogP contribution >= 0.6 is 11.6 Å². The molecule has 2 heterocycles. The molecule has 1 aliphatic heterocycles. The number of halogens is 1. The zero-order valence-corrected chi connectivity index (χ0v) is 16.9. The smallest absolute Gasteiger partial charge is 0.413 e. The summed E-state index contributed by atoms with van der Waals surface area (Å²) in [4.78, 5) is 23.8. The minimum atomic E-state index is -0.664. The van der Waals surface area contributed by atoms with Gasteiger partial charge in [-0.25, -0.2) is 14.3 Å². The van der Waals surface area contributed by atoms with E-state index < -0.39 is 18.3 Å². The number of aryl methyl sites for hydroxylation is 1. The average Bonchev–Trinajstić information content (AvgIpc) is 3.08. The summed E-state index contributed by atoms with van der Waals surface area (Å²) in [5, 5.41) is 14.0. The minimum absolute atomic E-state index is 0.148. The Labute approximate surface area is 176 Å². The van der Waals surface area contributed by atoms with Crippen LogP contribution in [0.1, 0.15) is 24.2 Å². The molecule has 0 radical (unpaired) electrons. The third kappa shape index (κ3) is 3.92. The Morgan fingerprint density at radius 1 is 1.33 bits per heavy atom. The van der Waals surface area contributed by atoms with Gasteiger partial charge in [-0.2, -0.15) is 0 Å². The van der Waals surface area contributed by atoms with Gasteiger partial charge in [0.15, 0.2) is 5.82 Å². The monoisotopic (exact) mass is 427 g/mol. The second kappa shape index (κ2) is 8.03. The first kappa shape index (κ1) is 19.7. The number of rotatable bonds is 4. The summed E-state index contributed by atoms with van der Waals surface area (Å²) in [5.41, 5.74) is 3.32. The first-order valence-electron chi connectivity index (χ1n) is 9.11. The maximum atomic E-state index is 12.5. The second-order valence-corrected chi connectivity index (χ2v) is 7.08. The van der Waals surface area contributed by atoms with E-state index in [0.29, 0.717) is 33.3 Å². The molecule has 1 atom stereocenters. The second-order valence-electron chi connectivity index (χ2n) is 6.68. The van der Waals surface area contributed by atoms with Crippen molar-refractivity contribution in [1.29, 1.82) is 0 Å². The first-order valence-corrected chi connectivity index (χ1v) is 9.49. The van der Waals surface area contributed by atoms with Crippen molar-refractivity contribution in [2.45, 2.75) is 19.6 Å². The first-order chi connectivity index (χ1) is 14.4. The van der Waals surface area contributed by atoms with Crippen molar-refractivity contribution in [3.05, 3.63) is 58.6 Å². The standard InChI is InChI=1S/C20H18ClN5O4/c1-11(14-5-3-4-6-15(14)21)30-20(28)23-18-17(24-25-26(18)2)12-7-8-16-13(9-12)10-29-19(27)22-16/h3-9,11H,10H2,1-2H3,(H,22,27)(H,23,28)/t11-/m1/s1. The van der Waals surface area contributed by atoms with Crippen LogP contribution < -0.4 is 10.6 Å². The lowest BCUT2D eigenvalue weighted by Crippen LogP contribution is -2.20. The van der Waals surface area contributed by atoms with Crippen molar-refractivity contribution in [3.63, 3.8) is 0 Å². The highest BCUT2D eigenvalue weighted by molar-refractivity contribution is 6.31. The van der Waals surface area contributed by atoms with Gasteiger partial charge in [-0.1, -0.05) is 41.1 Å². The molecular formula is C20H18ClN5O4. The van der Waals surface area contributed by atoms with Crippen molar-refractivity contribution < 1.29 is 19.1 Å². The van der Waals surface area contributed by atoms with E-state index in [4.69, 9.17) is 21.1 Å². The van der Waals surface area contributed by atoms with E-state index in [-0.39, 0.29) is 6.61 Å². The zero-order chi connectivity index (χ0) is 21.3. The molecule has 0 spiro atoms. The number of hydrogen-bond acceptors (Lipinski definition) is 6. The number of benzene rings is 2. The van der Waals surface area contributed by atoms with E-state index in [9.17, 15) is 9.59 Å². The molecule has 154 valence electrons. The average molecular weight is 428 g/mol. The topological polar surface area (TPSA) is 107 Å². The number of carbonyl (C=O) groups is 2. The highest BCUT2D eigenvalue weighted by Crippen LogP contribution is 2.31. The molecule has 1 aliphatic rings. The largest absolute Gasteiger partial charge is 0.444 e. The van der Waals surface area contributed by atoms with Crippen LogP contribution in [0.4, 0.5) is 21.1 Å². The molecule has 9 nitrogen and oxygen atoms in total. The van der Waals surface area contributed by atoms with E-state index in [1.165, 1.54) is 4.68 Å². The van der Waals surface area contributed by atoms with Crippen LogP contribution in [0.3, 0.4) is 0 Å². The molecule has 4 rings (SSSR count). The normalized spacial score (nSPS) is 13.6. The summed E-state index contributed by atoms with van der Waals surface area (Å²) in [6.07, 6.45) is -1.71. The van der Waals surface area contributed by atoms with Gasteiger partial charge in [-0.3, -0.25) is 10.6 Å². The lowest BCUT2D eigenvalue weighted by molar-refractivity contribution is 0.121. The van der Waals surface area contributed by atoms with E-state index in [0.717, 1.165) is 5.56 Å². The molecule has 2 amide bonds. The number of hydrogen-bond donors (Lipinski definition) is 2. The fourth-order valence-electron chi connectivity index (χ4n) is 3.12. The molecule has 2 aromatic carbocycles. The summed E-state index contributed by atoms with van der Waals surface area (Å²) >= 11 is 6.17. The number of ether oxygens (including phenoxy) is 2. The molecule has 10 heteroatoms. The van der Waals surface area contributed by atoms with Crippen LogP contribution in [-0.2, 0) is 23.1 Å². The predicted octanol–water partition coefficient (Wildman–Crippen LogP) is 4.51. The van der Waals surface area contributed by atoms with Gasteiger partial charge >= 0.3 is 12.2 Å². The highest BCUT2D eigenvalue weighted by Gasteiger charge is 2.21. The molecule has 30 heavy (non-hydrogen) atoms. The summed E-state index contributed by atoms with van der Waals surface area (Å²) in [6.45, 7) is 1.89. The number of aromatic nitrogens is 3. The summed E-state index contributed by atoms with van der Waals surface area (Å²) in [5.74, 6) is 0.368. The lowest BCUT2D eigenvalue weighted by atomic mass is 10.1. The van der Waals surface area contributed by atoms with Gasteiger partial charge in [0, 0.05) is 28.8 Å². The van der Waals surface area contributed by atoms with Gasteiger partial charge in [-0.15, -0.1) is 5.10 Å². The van der Waals surface area contributed by atoms with E-state index in [2.05, 4.69) is 20.9 Å². The predicted molar refractivity (Wildman–Crippen MR) is 110 cm³/mol. The third-order valence-electron chi connectivity index (χ3n) is 4.65. The number of fused-ring (bicyclic) bond motifs is 1. The molecular weight excluding hydrogens is 410 g/mol. The van der Waals surface area contributed by atoms with Crippen LogP contribution in [0.5, 0.6) is 0 Å². The Morgan fingerprint density at radius 3 is 2.93 bits per heavy atom. The number of nitrogens with zero attached hydrogens (tertiary/aromatic N) is 3. The SMILES string of the molecule is C[C@@H](OC(=O)Nc1c(-c2ccc3c(c2)COC(=O)N3)nnn1C)c1ccccc1Cl. The number of cyclic esters (lactones) is 1. The molecule has 2 N–H and O–H groups in total. The van der Waals surface area contributed by atoms with Gasteiger partial charge in [-0.05, 0) is 25.1 Å². The molecule has 0 aliphatic carbocycles. The van der Waals surface area contributed by atoms with Gasteiger partial charge in [0.05, 0.1) is 5.69 Å². The van der Waals surface area contributed by atoms with Crippen molar-refractivity contribution in [1.82, 2.24) is 15.0 Å². The lowest BCUT2D eigenvalue weighted by Gasteiger charge is -2.18. The maximum absolute atomic E-state index is 12.5. The zero-order valence-electron chi connectivity index (χ0n) is 16.2.